The second kappa shape index (κ2) is 10.8. The SMILES string of the molecule is C1#CC2=CC=CC=C(/C=C/C=C\S/C=C/C=C/C3=CC=CC=C(C#C1)C3)C2. The maximum atomic E-state index is 3.20. The minimum Gasteiger partial charge on any atom is -0.106 e. The van der Waals surface area contributed by atoms with Crippen LogP contribution in [0.25, 0.3) is 0 Å². The van der Waals surface area contributed by atoms with E-state index >= 15 is 0 Å². The molecule has 4 bridgehead atoms. The minimum atomic E-state index is 0.821. The Labute approximate surface area is 166 Å². The lowest BCUT2D eigenvalue weighted by Crippen LogP contribution is -1.83. The first-order valence-corrected chi connectivity index (χ1v) is 9.81. The molecule has 0 aromatic rings. The Balaban J connectivity index is 1.87. The number of fused-ring (bicyclic) bond motifs is 4. The van der Waals surface area contributed by atoms with Gasteiger partial charge in [0.25, 0.3) is 0 Å². The summed E-state index contributed by atoms with van der Waals surface area (Å²) in [4.78, 5) is 0. The van der Waals surface area contributed by atoms with Crippen molar-refractivity contribution in [3.63, 3.8) is 0 Å². The van der Waals surface area contributed by atoms with E-state index in [1.807, 2.05) is 12.2 Å². The van der Waals surface area contributed by atoms with Gasteiger partial charge in [0.1, 0.15) is 0 Å². The van der Waals surface area contributed by atoms with E-state index in [0.717, 1.165) is 24.0 Å². The fourth-order valence-corrected chi connectivity index (χ4v) is 3.04. The summed E-state index contributed by atoms with van der Waals surface area (Å²) in [6, 6.07) is 0. The van der Waals surface area contributed by atoms with Crippen LogP contribution in [-0.2, 0) is 0 Å². The van der Waals surface area contributed by atoms with Gasteiger partial charge in [-0.25, -0.2) is 0 Å². The van der Waals surface area contributed by atoms with Gasteiger partial charge in [-0.1, -0.05) is 96.9 Å². The molecule has 1 heterocycles. The van der Waals surface area contributed by atoms with Crippen LogP contribution in [0.1, 0.15) is 12.8 Å². The van der Waals surface area contributed by atoms with Crippen LogP contribution in [0.3, 0.4) is 0 Å². The van der Waals surface area contributed by atoms with Gasteiger partial charge in [-0.2, -0.15) is 0 Å². The quantitative estimate of drug-likeness (QED) is 0.442. The van der Waals surface area contributed by atoms with Crippen LogP contribution >= 0.6 is 11.8 Å². The molecule has 0 nitrogen and oxygen atoms in total. The molecule has 0 radical (unpaired) electrons. The van der Waals surface area contributed by atoms with Gasteiger partial charge in [-0.3, -0.25) is 0 Å². The topological polar surface area (TPSA) is 0 Å². The molecule has 3 rings (SSSR count). The molecule has 0 aromatic heterocycles. The van der Waals surface area contributed by atoms with Gasteiger partial charge >= 0.3 is 0 Å². The highest BCUT2D eigenvalue weighted by atomic mass is 32.2. The van der Waals surface area contributed by atoms with E-state index in [0.29, 0.717) is 0 Å². The lowest BCUT2D eigenvalue weighted by atomic mass is 10.1. The van der Waals surface area contributed by atoms with E-state index in [1.165, 1.54) is 11.1 Å². The highest BCUT2D eigenvalue weighted by Gasteiger charge is 2.00. The second-order valence-corrected chi connectivity index (χ2v) is 6.82. The standard InChI is InChI=1S/C26H20S/c1-2-12-24-14-4-6-16-26(22-24)18-8-10-20-27-19-9-7-17-25-15-5-3-13-23(11-1)21-25/h3-10,13-20H,21-22H2/b17-7+,18-8+,19-9-,20-10+. The average molecular weight is 365 g/mol. The maximum Gasteiger partial charge on any atom is 0.00744 e. The summed E-state index contributed by atoms with van der Waals surface area (Å²) < 4.78 is 0. The van der Waals surface area contributed by atoms with Crippen molar-refractivity contribution in [1.82, 2.24) is 0 Å². The van der Waals surface area contributed by atoms with Crippen molar-refractivity contribution in [3.05, 3.63) is 118 Å². The van der Waals surface area contributed by atoms with Gasteiger partial charge in [-0.05, 0) is 33.8 Å². The summed E-state index contributed by atoms with van der Waals surface area (Å²) in [5, 5.41) is 4.14. The van der Waals surface area contributed by atoms with Gasteiger partial charge < -0.3 is 0 Å². The number of hydrogen-bond acceptors (Lipinski definition) is 1. The molecule has 3 aliphatic rings. The third-order valence-electron chi connectivity index (χ3n) is 3.89. The van der Waals surface area contributed by atoms with Crippen molar-refractivity contribution in [1.29, 1.82) is 0 Å². The molecule has 0 amide bonds. The minimum absolute atomic E-state index is 0.821. The molecule has 1 heteroatoms. The number of allylic oxidation sites excluding steroid dienone is 18. The summed E-state index contributed by atoms with van der Waals surface area (Å²) >= 11 is 1.66. The van der Waals surface area contributed by atoms with Crippen molar-refractivity contribution in [2.75, 3.05) is 0 Å². The molecule has 130 valence electrons. The Morgan fingerprint density at radius 1 is 0.556 bits per heavy atom. The average Bonchev–Trinajstić information content (AvgIpc) is 3.04. The molecule has 0 fully saturated rings. The van der Waals surface area contributed by atoms with Crippen molar-refractivity contribution < 1.29 is 0 Å². The highest BCUT2D eigenvalue weighted by molar-refractivity contribution is 8.04. The largest absolute Gasteiger partial charge is 0.106 e. The fourth-order valence-electron chi connectivity index (χ4n) is 2.59. The molecular formula is C26H20S. The van der Waals surface area contributed by atoms with E-state index in [4.69, 9.17) is 0 Å². The number of hydrogen-bond donors (Lipinski definition) is 0. The number of rotatable bonds is 0. The monoisotopic (exact) mass is 364 g/mol. The maximum absolute atomic E-state index is 3.20. The smallest absolute Gasteiger partial charge is 0.00744 e. The van der Waals surface area contributed by atoms with E-state index in [1.54, 1.807) is 11.8 Å². The molecule has 0 N–H and O–H groups in total. The van der Waals surface area contributed by atoms with Crippen LogP contribution < -0.4 is 0 Å². The third-order valence-corrected chi connectivity index (χ3v) is 4.52. The van der Waals surface area contributed by atoms with E-state index in [2.05, 4.69) is 107 Å². The Morgan fingerprint density at radius 3 is 1.56 bits per heavy atom. The Hall–Kier alpha value is -3.13. The lowest BCUT2D eigenvalue weighted by molar-refractivity contribution is 1.23. The summed E-state index contributed by atoms with van der Waals surface area (Å²) in [6.45, 7) is 0. The summed E-state index contributed by atoms with van der Waals surface area (Å²) in [6.07, 6.45) is 30.7. The van der Waals surface area contributed by atoms with Crippen molar-refractivity contribution >= 4 is 11.8 Å². The van der Waals surface area contributed by atoms with Crippen LogP contribution in [0.5, 0.6) is 0 Å². The predicted molar refractivity (Wildman–Crippen MR) is 120 cm³/mol. The lowest BCUT2D eigenvalue weighted by Gasteiger charge is -1.98. The molecule has 2 aliphatic carbocycles. The van der Waals surface area contributed by atoms with Gasteiger partial charge in [0.2, 0.25) is 0 Å². The molecular weight excluding hydrogens is 344 g/mol. The Morgan fingerprint density at radius 2 is 1.04 bits per heavy atom. The van der Waals surface area contributed by atoms with E-state index in [-0.39, 0.29) is 0 Å². The normalized spacial score (nSPS) is 23.4. The molecule has 0 aromatic carbocycles. The van der Waals surface area contributed by atoms with Gasteiger partial charge in [0, 0.05) is 24.0 Å². The van der Waals surface area contributed by atoms with Gasteiger partial charge in [-0.15, -0.1) is 11.8 Å². The first-order chi connectivity index (χ1) is 13.4. The van der Waals surface area contributed by atoms with Gasteiger partial charge in [0.05, 0.1) is 0 Å². The van der Waals surface area contributed by atoms with Crippen LogP contribution in [0.15, 0.2) is 118 Å². The number of thioether (sulfide) groups is 1. The third kappa shape index (κ3) is 6.95. The Kier molecular flexibility index (Phi) is 7.44. The summed E-state index contributed by atoms with van der Waals surface area (Å²) in [5.41, 5.74) is 4.61. The summed E-state index contributed by atoms with van der Waals surface area (Å²) in [7, 11) is 0. The second-order valence-electron chi connectivity index (χ2n) is 6.00. The van der Waals surface area contributed by atoms with E-state index in [9.17, 15) is 0 Å². The molecule has 0 saturated heterocycles. The molecule has 1 aliphatic heterocycles. The zero-order valence-electron chi connectivity index (χ0n) is 15.1. The van der Waals surface area contributed by atoms with Crippen molar-refractivity contribution in [2.45, 2.75) is 12.8 Å². The predicted octanol–water partition coefficient (Wildman–Crippen LogP) is 6.51. The molecule has 0 atom stereocenters. The van der Waals surface area contributed by atoms with Crippen LogP contribution in [0.2, 0.25) is 0 Å². The zero-order chi connectivity index (χ0) is 18.6. The highest BCUT2D eigenvalue weighted by Crippen LogP contribution is 2.17. The summed E-state index contributed by atoms with van der Waals surface area (Å²) in [5.74, 6) is 12.4. The fraction of sp³-hybridized carbons (Fsp3) is 0.0769. The zero-order valence-corrected chi connectivity index (χ0v) is 15.9. The molecule has 27 heavy (non-hydrogen) atoms. The first kappa shape index (κ1) is 18.7. The van der Waals surface area contributed by atoms with Crippen LogP contribution in [0.4, 0.5) is 0 Å². The molecule has 0 spiro atoms. The van der Waals surface area contributed by atoms with Crippen LogP contribution in [0, 0.1) is 23.7 Å². The van der Waals surface area contributed by atoms with Crippen LogP contribution in [-0.4, -0.2) is 0 Å². The molecule has 0 saturated carbocycles. The van der Waals surface area contributed by atoms with E-state index < -0.39 is 0 Å². The Bertz CT molecular complexity index is 906. The molecule has 0 unspecified atom stereocenters. The van der Waals surface area contributed by atoms with Crippen molar-refractivity contribution in [3.8, 4) is 23.7 Å². The first-order valence-electron chi connectivity index (χ1n) is 8.87. The van der Waals surface area contributed by atoms with Gasteiger partial charge in [0.15, 0.2) is 0 Å². The van der Waals surface area contributed by atoms with Crippen molar-refractivity contribution in [2.24, 2.45) is 0 Å².